The molecule has 0 bridgehead atoms. The Morgan fingerprint density at radius 2 is 2.25 bits per heavy atom. The van der Waals surface area contributed by atoms with E-state index in [2.05, 4.69) is 25.8 Å². The summed E-state index contributed by atoms with van der Waals surface area (Å²) in [4.78, 5) is 27.4. The number of aromatic nitrogens is 5. The zero-order valence-corrected chi connectivity index (χ0v) is 14.0. The number of primary amides is 1. The molecule has 0 saturated heterocycles. The molecule has 3 heterocycles. The van der Waals surface area contributed by atoms with Crippen molar-refractivity contribution in [2.75, 3.05) is 5.32 Å². The number of thiophene rings is 1. The number of amides is 2. The summed E-state index contributed by atoms with van der Waals surface area (Å²) in [5.41, 5.74) is 6.62. The van der Waals surface area contributed by atoms with E-state index >= 15 is 0 Å². The highest BCUT2D eigenvalue weighted by Gasteiger charge is 2.20. The molecule has 1 atom stereocenters. The number of carbonyl (C=O) groups excluding carboxylic acids is 2. The smallest absolute Gasteiger partial charge is 0.228 e. The quantitative estimate of drug-likeness (QED) is 0.640. The maximum Gasteiger partial charge on any atom is 0.228 e. The van der Waals surface area contributed by atoms with E-state index < -0.39 is 5.91 Å². The fraction of sp³-hybridized carbons (Fsp3) is 0.231. The van der Waals surface area contributed by atoms with Gasteiger partial charge in [-0.2, -0.15) is 11.3 Å². The zero-order valence-electron chi connectivity index (χ0n) is 12.3. The Morgan fingerprint density at radius 1 is 1.38 bits per heavy atom. The van der Waals surface area contributed by atoms with Crippen LogP contribution < -0.4 is 11.1 Å². The van der Waals surface area contributed by atoms with Crippen LogP contribution >= 0.6 is 22.7 Å². The van der Waals surface area contributed by atoms with E-state index in [9.17, 15) is 9.59 Å². The molecule has 0 aliphatic rings. The van der Waals surface area contributed by atoms with E-state index in [1.807, 2.05) is 16.8 Å². The van der Waals surface area contributed by atoms with E-state index in [0.29, 0.717) is 10.8 Å². The Bertz CT molecular complexity index is 779. The van der Waals surface area contributed by atoms with Crippen molar-refractivity contribution in [3.8, 4) is 0 Å². The van der Waals surface area contributed by atoms with Crippen LogP contribution in [-0.4, -0.2) is 37.0 Å². The summed E-state index contributed by atoms with van der Waals surface area (Å²) in [7, 11) is 0. The summed E-state index contributed by atoms with van der Waals surface area (Å²) < 4.78 is 1.54. The standard InChI is InChI=1S/C13H13N7O2S2/c14-11(21)3-9-6-24-13(16-9)17-12(22)4-10(8-1-2-23-5-8)20-7-15-18-19-20/h1-2,5-7,10H,3-4H2,(H2,14,21)(H,16,17,22)/t10-/m1/s1. The van der Waals surface area contributed by atoms with Gasteiger partial charge in [0.05, 0.1) is 24.6 Å². The predicted molar refractivity (Wildman–Crippen MR) is 88.5 cm³/mol. The van der Waals surface area contributed by atoms with Gasteiger partial charge in [0.15, 0.2) is 5.13 Å². The van der Waals surface area contributed by atoms with Gasteiger partial charge in [-0.3, -0.25) is 9.59 Å². The number of hydrogen-bond donors (Lipinski definition) is 2. The van der Waals surface area contributed by atoms with Crippen molar-refractivity contribution in [3.05, 3.63) is 39.8 Å². The Morgan fingerprint density at radius 3 is 2.92 bits per heavy atom. The molecule has 0 aliphatic heterocycles. The van der Waals surface area contributed by atoms with Crippen LogP contribution in [0.1, 0.15) is 23.7 Å². The van der Waals surface area contributed by atoms with Crippen molar-refractivity contribution >= 4 is 39.6 Å². The lowest BCUT2D eigenvalue weighted by Crippen LogP contribution is -2.20. The van der Waals surface area contributed by atoms with Gasteiger partial charge < -0.3 is 11.1 Å². The van der Waals surface area contributed by atoms with E-state index in [-0.39, 0.29) is 24.8 Å². The van der Waals surface area contributed by atoms with Gasteiger partial charge in [0, 0.05) is 5.38 Å². The minimum absolute atomic E-state index is 0.0501. The van der Waals surface area contributed by atoms with Gasteiger partial charge in [0.1, 0.15) is 6.33 Å². The van der Waals surface area contributed by atoms with Gasteiger partial charge in [-0.05, 0) is 32.8 Å². The highest BCUT2D eigenvalue weighted by molar-refractivity contribution is 7.14. The molecule has 0 aromatic carbocycles. The molecule has 0 spiro atoms. The molecule has 3 rings (SSSR count). The normalized spacial score (nSPS) is 12.0. The minimum atomic E-state index is -0.464. The maximum absolute atomic E-state index is 12.3. The molecule has 24 heavy (non-hydrogen) atoms. The lowest BCUT2D eigenvalue weighted by atomic mass is 10.1. The molecule has 3 N–H and O–H groups in total. The third kappa shape index (κ3) is 4.00. The molecule has 9 nitrogen and oxygen atoms in total. The monoisotopic (exact) mass is 363 g/mol. The van der Waals surface area contributed by atoms with E-state index in [0.717, 1.165) is 5.56 Å². The number of hydrogen-bond acceptors (Lipinski definition) is 8. The van der Waals surface area contributed by atoms with Crippen LogP contribution in [0.5, 0.6) is 0 Å². The largest absolute Gasteiger partial charge is 0.369 e. The van der Waals surface area contributed by atoms with Gasteiger partial charge in [-0.25, -0.2) is 9.67 Å². The van der Waals surface area contributed by atoms with Crippen LogP contribution in [0.2, 0.25) is 0 Å². The Kier molecular flexibility index (Phi) is 4.91. The Balaban J connectivity index is 1.68. The fourth-order valence-electron chi connectivity index (χ4n) is 2.11. The van der Waals surface area contributed by atoms with E-state index in [1.165, 1.54) is 29.0 Å². The van der Waals surface area contributed by atoms with Gasteiger partial charge in [0.2, 0.25) is 11.8 Å². The fourth-order valence-corrected chi connectivity index (χ4v) is 3.54. The molecule has 3 aromatic rings. The summed E-state index contributed by atoms with van der Waals surface area (Å²) in [5.74, 6) is -0.684. The number of carbonyl (C=O) groups is 2. The number of tetrazole rings is 1. The van der Waals surface area contributed by atoms with Crippen LogP contribution in [-0.2, 0) is 16.0 Å². The first kappa shape index (κ1) is 16.2. The van der Waals surface area contributed by atoms with Crippen LogP contribution in [0, 0.1) is 0 Å². The SMILES string of the molecule is NC(=O)Cc1csc(NC(=O)C[C@H](c2ccsc2)n2cnnn2)n1. The number of rotatable bonds is 7. The summed E-state index contributed by atoms with van der Waals surface area (Å²) in [6.07, 6.45) is 1.69. The van der Waals surface area contributed by atoms with E-state index in [4.69, 9.17) is 5.73 Å². The van der Waals surface area contributed by atoms with Crippen molar-refractivity contribution in [3.63, 3.8) is 0 Å². The maximum atomic E-state index is 12.3. The molecule has 2 amide bonds. The van der Waals surface area contributed by atoms with Gasteiger partial charge in [0.25, 0.3) is 0 Å². The number of nitrogens with zero attached hydrogens (tertiary/aromatic N) is 5. The summed E-state index contributed by atoms with van der Waals surface area (Å²) >= 11 is 2.78. The molecule has 0 unspecified atom stereocenters. The molecular weight excluding hydrogens is 350 g/mol. The minimum Gasteiger partial charge on any atom is -0.369 e. The summed E-state index contributed by atoms with van der Waals surface area (Å²) in [6.45, 7) is 0. The van der Waals surface area contributed by atoms with Gasteiger partial charge >= 0.3 is 0 Å². The number of nitrogens with one attached hydrogen (secondary N) is 1. The molecule has 0 fully saturated rings. The van der Waals surface area contributed by atoms with Gasteiger partial charge in [-0.1, -0.05) is 0 Å². The van der Waals surface area contributed by atoms with Crippen molar-refractivity contribution < 1.29 is 9.59 Å². The molecule has 0 radical (unpaired) electrons. The second-order valence-corrected chi connectivity index (χ2v) is 6.54. The van der Waals surface area contributed by atoms with Crippen LogP contribution in [0.25, 0.3) is 0 Å². The van der Waals surface area contributed by atoms with Crippen LogP contribution in [0.4, 0.5) is 5.13 Å². The van der Waals surface area contributed by atoms with E-state index in [1.54, 1.807) is 10.1 Å². The van der Waals surface area contributed by atoms with Crippen LogP contribution in [0.3, 0.4) is 0 Å². The van der Waals surface area contributed by atoms with Crippen molar-refractivity contribution in [1.29, 1.82) is 0 Å². The molecule has 11 heteroatoms. The predicted octanol–water partition coefficient (Wildman–Crippen LogP) is 0.837. The zero-order chi connectivity index (χ0) is 16.9. The first-order valence-corrected chi connectivity index (χ1v) is 8.71. The van der Waals surface area contributed by atoms with Gasteiger partial charge in [-0.15, -0.1) is 16.4 Å². The highest BCUT2D eigenvalue weighted by Crippen LogP contribution is 2.24. The molecular formula is C13H13N7O2S2. The van der Waals surface area contributed by atoms with Crippen molar-refractivity contribution in [2.24, 2.45) is 5.73 Å². The molecule has 124 valence electrons. The number of anilines is 1. The van der Waals surface area contributed by atoms with Crippen molar-refractivity contribution in [2.45, 2.75) is 18.9 Å². The summed E-state index contributed by atoms with van der Waals surface area (Å²) in [5, 5.41) is 19.9. The average Bonchev–Trinajstić information content (AvgIpc) is 3.27. The molecule has 0 saturated carbocycles. The second kappa shape index (κ2) is 7.27. The summed E-state index contributed by atoms with van der Waals surface area (Å²) in [6, 6.07) is 1.63. The van der Waals surface area contributed by atoms with Crippen LogP contribution in [0.15, 0.2) is 28.5 Å². The number of nitrogens with two attached hydrogens (primary N) is 1. The first-order valence-electron chi connectivity index (χ1n) is 6.89. The third-order valence-electron chi connectivity index (χ3n) is 3.14. The first-order chi connectivity index (χ1) is 11.6. The van der Waals surface area contributed by atoms with Crippen molar-refractivity contribution in [1.82, 2.24) is 25.2 Å². The molecule has 0 aliphatic carbocycles. The topological polar surface area (TPSA) is 129 Å². The lowest BCUT2D eigenvalue weighted by Gasteiger charge is -2.14. The lowest BCUT2D eigenvalue weighted by molar-refractivity contribution is -0.117. The number of thiazole rings is 1. The average molecular weight is 363 g/mol. The Hall–Kier alpha value is -2.66. The Labute approximate surface area is 144 Å². The highest BCUT2D eigenvalue weighted by atomic mass is 32.1. The third-order valence-corrected chi connectivity index (χ3v) is 4.65. The molecule has 3 aromatic heterocycles. The second-order valence-electron chi connectivity index (χ2n) is 4.90.